The first-order valence-corrected chi connectivity index (χ1v) is 7.14. The Morgan fingerprint density at radius 2 is 2.00 bits per heavy atom. The fourth-order valence-electron chi connectivity index (χ4n) is 2.22. The molecule has 0 saturated heterocycles. The summed E-state index contributed by atoms with van der Waals surface area (Å²) in [5.41, 5.74) is 1.40. The Balaban J connectivity index is 1.92. The third-order valence-electron chi connectivity index (χ3n) is 3.24. The van der Waals surface area contributed by atoms with E-state index in [-0.39, 0.29) is 5.41 Å². The first-order chi connectivity index (χ1) is 8.98. The van der Waals surface area contributed by atoms with Crippen LogP contribution in [0.2, 0.25) is 0 Å². The van der Waals surface area contributed by atoms with E-state index in [9.17, 15) is 0 Å². The van der Waals surface area contributed by atoms with Crippen molar-refractivity contribution < 1.29 is 0 Å². The van der Waals surface area contributed by atoms with Crippen molar-refractivity contribution >= 4 is 12.2 Å². The molecule has 19 heavy (non-hydrogen) atoms. The summed E-state index contributed by atoms with van der Waals surface area (Å²) < 4.78 is 5.16. The number of rotatable bonds is 5. The van der Waals surface area contributed by atoms with E-state index < -0.39 is 0 Å². The number of aryl methyl sites for hydroxylation is 1. The number of unbranched alkanes of at least 4 members (excludes halogenated alkanes) is 1. The lowest BCUT2D eigenvalue weighted by atomic mass is 9.92. The van der Waals surface area contributed by atoms with E-state index >= 15 is 0 Å². The minimum absolute atomic E-state index is 0.123. The third-order valence-corrected chi connectivity index (χ3v) is 3.58. The van der Waals surface area contributed by atoms with Crippen LogP contribution in [0.4, 0.5) is 0 Å². The Morgan fingerprint density at radius 3 is 2.63 bits per heavy atom. The molecule has 0 radical (unpaired) electrons. The van der Waals surface area contributed by atoms with E-state index in [0.29, 0.717) is 0 Å². The van der Waals surface area contributed by atoms with Gasteiger partial charge in [-0.1, -0.05) is 20.8 Å². The van der Waals surface area contributed by atoms with Gasteiger partial charge in [-0.2, -0.15) is 0 Å². The largest absolute Gasteiger partial charge is 0.337 e. The first-order valence-electron chi connectivity index (χ1n) is 6.73. The quantitative estimate of drug-likeness (QED) is 0.671. The molecule has 0 saturated carbocycles. The van der Waals surface area contributed by atoms with Crippen LogP contribution in [-0.4, -0.2) is 19.1 Å². The second-order valence-corrected chi connectivity index (χ2v) is 6.28. The molecule has 1 N–H and O–H groups in total. The molecule has 0 amide bonds. The molecule has 0 aliphatic rings. The summed E-state index contributed by atoms with van der Waals surface area (Å²) in [6.45, 7) is 8.64. The summed E-state index contributed by atoms with van der Waals surface area (Å²) in [6.07, 6.45) is 9.98. The van der Waals surface area contributed by atoms with E-state index in [0.717, 1.165) is 30.7 Å². The van der Waals surface area contributed by atoms with Gasteiger partial charge in [0.2, 0.25) is 0 Å². The Bertz CT molecular complexity index is 557. The molecule has 0 aliphatic carbocycles. The fourth-order valence-corrected chi connectivity index (χ4v) is 2.47. The third kappa shape index (κ3) is 3.56. The highest BCUT2D eigenvalue weighted by Gasteiger charge is 2.18. The second-order valence-electron chi connectivity index (χ2n) is 5.89. The minimum atomic E-state index is 0.123. The Hall–Kier alpha value is -1.36. The molecule has 0 spiro atoms. The highest BCUT2D eigenvalue weighted by Crippen LogP contribution is 2.22. The lowest BCUT2D eigenvalue weighted by molar-refractivity contribution is 0.486. The number of aromatic nitrogens is 4. The van der Waals surface area contributed by atoms with Crippen LogP contribution < -0.4 is 0 Å². The van der Waals surface area contributed by atoms with Crippen molar-refractivity contribution in [1.29, 1.82) is 0 Å². The minimum Gasteiger partial charge on any atom is -0.337 e. The number of aromatic amines is 1. The maximum Gasteiger partial charge on any atom is 0.177 e. The molecular formula is C14H22N4S. The van der Waals surface area contributed by atoms with Gasteiger partial charge >= 0.3 is 0 Å². The van der Waals surface area contributed by atoms with Crippen LogP contribution in [0.1, 0.15) is 39.3 Å². The maximum atomic E-state index is 5.36. The number of nitrogens with one attached hydrogen (secondary N) is 1. The van der Waals surface area contributed by atoms with Gasteiger partial charge in [-0.3, -0.25) is 0 Å². The highest BCUT2D eigenvalue weighted by molar-refractivity contribution is 7.71. The zero-order chi connectivity index (χ0) is 13.9. The molecule has 2 aromatic heterocycles. The maximum absolute atomic E-state index is 5.36. The number of nitrogens with zero attached hydrogens (tertiary/aromatic N) is 3. The molecule has 4 nitrogen and oxygen atoms in total. The van der Waals surface area contributed by atoms with Gasteiger partial charge in [0, 0.05) is 42.8 Å². The Labute approximate surface area is 119 Å². The molecule has 2 rings (SSSR count). The first kappa shape index (κ1) is 14.1. The zero-order valence-corrected chi connectivity index (χ0v) is 12.7. The fraction of sp³-hybridized carbons (Fsp3) is 0.571. The van der Waals surface area contributed by atoms with E-state index in [1.807, 2.05) is 24.9 Å². The molecule has 0 bridgehead atoms. The summed E-state index contributed by atoms with van der Waals surface area (Å²) in [6, 6.07) is 0. The molecule has 5 heteroatoms. The summed E-state index contributed by atoms with van der Waals surface area (Å²) in [5.74, 6) is 0. The van der Waals surface area contributed by atoms with Gasteiger partial charge in [-0.25, -0.2) is 4.98 Å². The van der Waals surface area contributed by atoms with Crippen LogP contribution in [0, 0.1) is 4.77 Å². The van der Waals surface area contributed by atoms with Gasteiger partial charge in [0.1, 0.15) is 0 Å². The lowest BCUT2D eigenvalue weighted by Crippen LogP contribution is -2.18. The van der Waals surface area contributed by atoms with Gasteiger partial charge < -0.3 is 14.1 Å². The van der Waals surface area contributed by atoms with Crippen LogP contribution in [0.15, 0.2) is 24.9 Å². The molecule has 0 atom stereocenters. The number of hydrogen-bond donors (Lipinski definition) is 1. The number of hydrogen-bond acceptors (Lipinski definition) is 2. The van der Waals surface area contributed by atoms with Gasteiger partial charge in [0.25, 0.3) is 0 Å². The summed E-state index contributed by atoms with van der Waals surface area (Å²) >= 11 is 5.36. The van der Waals surface area contributed by atoms with Gasteiger partial charge in [0.15, 0.2) is 4.77 Å². The summed E-state index contributed by atoms with van der Waals surface area (Å²) in [5, 5.41) is 0. The molecule has 104 valence electrons. The average molecular weight is 278 g/mol. The van der Waals surface area contributed by atoms with Crippen molar-refractivity contribution in [3.05, 3.63) is 35.4 Å². The normalized spacial score (nSPS) is 11.9. The van der Waals surface area contributed by atoms with E-state index in [4.69, 9.17) is 12.2 Å². The molecule has 0 aromatic carbocycles. The topological polar surface area (TPSA) is 38.5 Å². The van der Waals surface area contributed by atoms with Crippen LogP contribution in [-0.2, 0) is 18.5 Å². The van der Waals surface area contributed by atoms with Crippen LogP contribution >= 0.6 is 12.2 Å². The number of imidazole rings is 2. The summed E-state index contributed by atoms with van der Waals surface area (Å²) in [7, 11) is 0. The van der Waals surface area contributed by atoms with Crippen LogP contribution in [0.5, 0.6) is 0 Å². The average Bonchev–Trinajstić information content (AvgIpc) is 2.93. The van der Waals surface area contributed by atoms with Crippen LogP contribution in [0.25, 0.3) is 0 Å². The Kier molecular flexibility index (Phi) is 4.24. The van der Waals surface area contributed by atoms with Gasteiger partial charge in [-0.15, -0.1) is 0 Å². The monoisotopic (exact) mass is 278 g/mol. The second kappa shape index (κ2) is 5.74. The van der Waals surface area contributed by atoms with Gasteiger partial charge in [-0.05, 0) is 25.1 Å². The lowest BCUT2D eigenvalue weighted by Gasteiger charge is -2.20. The van der Waals surface area contributed by atoms with E-state index in [2.05, 4.69) is 39.9 Å². The predicted molar refractivity (Wildman–Crippen MR) is 79.8 cm³/mol. The predicted octanol–water partition coefficient (Wildman–Crippen LogP) is 3.52. The van der Waals surface area contributed by atoms with E-state index in [1.54, 1.807) is 0 Å². The number of H-pyrrole nitrogens is 1. The van der Waals surface area contributed by atoms with Crippen molar-refractivity contribution in [2.75, 3.05) is 0 Å². The van der Waals surface area contributed by atoms with Crippen LogP contribution in [0.3, 0.4) is 0 Å². The molecule has 0 unspecified atom stereocenters. The standard InChI is InChI=1S/C14H22N4S/c1-14(2,3)12-10-16-13(19)18(12)8-5-4-7-17-9-6-15-11-17/h6,9-11H,4-5,7-8H2,1-3H3,(H,16,19). The molecule has 0 fully saturated rings. The molecular weight excluding hydrogens is 256 g/mol. The SMILES string of the molecule is CC(C)(C)c1c[nH]c(=S)n1CCCCn1ccnc1. The van der Waals surface area contributed by atoms with Gasteiger partial charge in [0.05, 0.1) is 6.33 Å². The Morgan fingerprint density at radius 1 is 1.26 bits per heavy atom. The van der Waals surface area contributed by atoms with E-state index in [1.165, 1.54) is 5.69 Å². The smallest absolute Gasteiger partial charge is 0.177 e. The highest BCUT2D eigenvalue weighted by atomic mass is 32.1. The molecule has 2 heterocycles. The molecule has 0 aliphatic heterocycles. The van der Waals surface area contributed by atoms with Crippen molar-refractivity contribution in [1.82, 2.24) is 19.1 Å². The molecule has 2 aromatic rings. The van der Waals surface area contributed by atoms with Crippen molar-refractivity contribution in [2.24, 2.45) is 0 Å². The summed E-state index contributed by atoms with van der Waals surface area (Å²) in [4.78, 5) is 7.21. The van der Waals surface area contributed by atoms with Crippen molar-refractivity contribution in [2.45, 2.75) is 52.1 Å². The van der Waals surface area contributed by atoms with Crippen molar-refractivity contribution in [3.8, 4) is 0 Å². The zero-order valence-electron chi connectivity index (χ0n) is 11.9. The van der Waals surface area contributed by atoms with Crippen molar-refractivity contribution in [3.63, 3.8) is 0 Å².